The van der Waals surface area contributed by atoms with Crippen LogP contribution in [0, 0.1) is 0 Å². The van der Waals surface area contributed by atoms with E-state index in [1.165, 1.54) is 34.7 Å². The lowest BCUT2D eigenvalue weighted by Crippen LogP contribution is -2.47. The lowest BCUT2D eigenvalue weighted by Gasteiger charge is -2.34. The first-order chi connectivity index (χ1) is 17.3. The number of thioether (sulfide) groups is 1. The van der Waals surface area contributed by atoms with Crippen molar-refractivity contribution in [3.63, 3.8) is 0 Å². The second-order valence-corrected chi connectivity index (χ2v) is 10.7. The molecule has 0 radical (unpaired) electrons. The van der Waals surface area contributed by atoms with E-state index in [0.717, 1.165) is 50.5 Å². The molecule has 1 amide bonds. The van der Waals surface area contributed by atoms with Crippen molar-refractivity contribution >= 4 is 23.4 Å². The lowest BCUT2D eigenvalue weighted by atomic mass is 9.85. The molecule has 0 bridgehead atoms. The number of nitrogens with one attached hydrogen (secondary N) is 1. The molecule has 1 unspecified atom stereocenters. The summed E-state index contributed by atoms with van der Waals surface area (Å²) in [5, 5.41) is 3.17. The number of fused-ring (bicyclic) bond motifs is 1. The van der Waals surface area contributed by atoms with E-state index in [1.807, 2.05) is 17.8 Å². The maximum atomic E-state index is 12.5. The van der Waals surface area contributed by atoms with Gasteiger partial charge in [-0.1, -0.05) is 72.8 Å². The number of rotatable bonds is 9. The van der Waals surface area contributed by atoms with E-state index in [1.54, 1.807) is 0 Å². The molecule has 5 heteroatoms. The summed E-state index contributed by atoms with van der Waals surface area (Å²) < 4.78 is 0. The van der Waals surface area contributed by atoms with Gasteiger partial charge in [0.25, 0.3) is 0 Å². The van der Waals surface area contributed by atoms with Gasteiger partial charge in [0.05, 0.1) is 5.69 Å². The molecule has 182 valence electrons. The van der Waals surface area contributed by atoms with Crippen LogP contribution in [0.3, 0.4) is 0 Å². The molecule has 1 N–H and O–H groups in total. The number of amides is 1. The largest absolute Gasteiger partial charge is 0.325 e. The molecule has 3 aromatic rings. The Bertz CT molecular complexity index is 1100. The second kappa shape index (κ2) is 11.9. The van der Waals surface area contributed by atoms with Crippen molar-refractivity contribution in [2.45, 2.75) is 30.1 Å². The lowest BCUT2D eigenvalue weighted by molar-refractivity contribution is -0.116. The number of carbonyl (C=O) groups is 1. The molecular weight excluding hydrogens is 450 g/mol. The number of anilines is 1. The fraction of sp³-hybridized carbons (Fsp3) is 0.367. The number of piperazine rings is 1. The molecule has 2 aliphatic rings. The quantitative estimate of drug-likeness (QED) is 0.321. The van der Waals surface area contributed by atoms with Gasteiger partial charge in [0.15, 0.2) is 0 Å². The predicted molar refractivity (Wildman–Crippen MR) is 146 cm³/mol. The summed E-state index contributed by atoms with van der Waals surface area (Å²) in [5.74, 6) is 1.32. The Balaban J connectivity index is 1.09. The summed E-state index contributed by atoms with van der Waals surface area (Å²) in [7, 11) is 0. The van der Waals surface area contributed by atoms with Crippen LogP contribution < -0.4 is 5.32 Å². The van der Waals surface area contributed by atoms with Gasteiger partial charge in [-0.3, -0.25) is 4.79 Å². The highest BCUT2D eigenvalue weighted by Gasteiger charge is 2.28. The van der Waals surface area contributed by atoms with E-state index >= 15 is 0 Å². The van der Waals surface area contributed by atoms with Gasteiger partial charge in [0, 0.05) is 50.0 Å². The molecule has 1 atom stereocenters. The number of benzene rings is 3. The van der Waals surface area contributed by atoms with Crippen molar-refractivity contribution in [2.24, 2.45) is 0 Å². The maximum absolute atomic E-state index is 12.5. The zero-order valence-corrected chi connectivity index (χ0v) is 21.2. The summed E-state index contributed by atoms with van der Waals surface area (Å²) in [6.45, 7) is 6.96. The summed E-state index contributed by atoms with van der Waals surface area (Å²) in [6, 6.07) is 27.7. The van der Waals surface area contributed by atoms with Crippen LogP contribution in [-0.4, -0.2) is 60.7 Å². The Labute approximate surface area is 213 Å². The molecule has 0 saturated carbocycles. The van der Waals surface area contributed by atoms with Crippen LogP contribution in [0.25, 0.3) is 0 Å². The average molecular weight is 486 g/mol. The second-order valence-electron chi connectivity index (χ2n) is 9.56. The highest BCUT2D eigenvalue weighted by molar-refractivity contribution is 7.99. The number of para-hydroxylation sites is 1. The minimum atomic E-state index is 0.115. The van der Waals surface area contributed by atoms with Crippen LogP contribution in [0.4, 0.5) is 5.69 Å². The molecule has 2 aliphatic heterocycles. The Kier molecular flexibility index (Phi) is 8.19. The molecule has 1 fully saturated rings. The molecular formula is C30H35N3OS. The Morgan fingerprint density at radius 1 is 0.800 bits per heavy atom. The topological polar surface area (TPSA) is 35.6 Å². The fourth-order valence-corrected chi connectivity index (χ4v) is 6.18. The molecule has 35 heavy (non-hydrogen) atoms. The van der Waals surface area contributed by atoms with E-state index in [-0.39, 0.29) is 11.8 Å². The summed E-state index contributed by atoms with van der Waals surface area (Å²) in [6.07, 6.45) is 2.82. The molecule has 1 saturated heterocycles. The summed E-state index contributed by atoms with van der Waals surface area (Å²) in [4.78, 5) is 18.9. The van der Waals surface area contributed by atoms with E-state index in [4.69, 9.17) is 0 Å². The molecule has 0 aromatic heterocycles. The van der Waals surface area contributed by atoms with Gasteiger partial charge in [-0.15, -0.1) is 11.8 Å². The van der Waals surface area contributed by atoms with Crippen LogP contribution in [0.2, 0.25) is 0 Å². The van der Waals surface area contributed by atoms with Gasteiger partial charge in [-0.2, -0.15) is 0 Å². The maximum Gasteiger partial charge on any atom is 0.225 e. The third-order valence-corrected chi connectivity index (χ3v) is 8.33. The van der Waals surface area contributed by atoms with E-state index in [0.29, 0.717) is 6.42 Å². The van der Waals surface area contributed by atoms with Crippen molar-refractivity contribution in [1.82, 2.24) is 9.80 Å². The Morgan fingerprint density at radius 2 is 1.49 bits per heavy atom. The van der Waals surface area contributed by atoms with Gasteiger partial charge in [0.1, 0.15) is 0 Å². The van der Waals surface area contributed by atoms with Gasteiger partial charge >= 0.3 is 0 Å². The third kappa shape index (κ3) is 6.35. The molecule has 0 aliphatic carbocycles. The van der Waals surface area contributed by atoms with Crippen molar-refractivity contribution < 1.29 is 4.79 Å². The molecule has 5 rings (SSSR count). The summed E-state index contributed by atoms with van der Waals surface area (Å²) >= 11 is 1.88. The van der Waals surface area contributed by atoms with Crippen molar-refractivity contribution in [2.75, 3.05) is 50.3 Å². The van der Waals surface area contributed by atoms with Crippen LogP contribution in [-0.2, 0) is 11.2 Å². The standard InChI is InChI=1S/C30H35N3OS/c34-29-23-27(25-11-5-2-6-12-25)26-13-7-14-28(30(26)31-29)35-22-8-16-32-18-20-33(21-19-32)17-15-24-9-3-1-4-10-24/h1-7,9-14,27H,8,15-23H2,(H,31,34). The van der Waals surface area contributed by atoms with Gasteiger partial charge < -0.3 is 15.1 Å². The van der Waals surface area contributed by atoms with Crippen LogP contribution >= 0.6 is 11.8 Å². The SMILES string of the molecule is O=C1CC(c2ccccc2)c2cccc(SCCCN3CCN(CCc4ccccc4)CC3)c2N1. The highest BCUT2D eigenvalue weighted by Crippen LogP contribution is 2.41. The average Bonchev–Trinajstić information content (AvgIpc) is 2.91. The molecule has 4 nitrogen and oxygen atoms in total. The van der Waals surface area contributed by atoms with E-state index in [2.05, 4.69) is 87.9 Å². The highest BCUT2D eigenvalue weighted by atomic mass is 32.2. The van der Waals surface area contributed by atoms with Crippen LogP contribution in [0.15, 0.2) is 83.8 Å². The molecule has 0 spiro atoms. The molecule has 3 aromatic carbocycles. The minimum Gasteiger partial charge on any atom is -0.325 e. The fourth-order valence-electron chi connectivity index (χ4n) is 5.20. The first-order valence-corrected chi connectivity index (χ1v) is 13.8. The first-order valence-electron chi connectivity index (χ1n) is 12.9. The minimum absolute atomic E-state index is 0.115. The Hall–Kier alpha value is -2.60. The third-order valence-electron chi connectivity index (χ3n) is 7.19. The van der Waals surface area contributed by atoms with E-state index < -0.39 is 0 Å². The Morgan fingerprint density at radius 3 is 2.23 bits per heavy atom. The van der Waals surface area contributed by atoms with Crippen molar-refractivity contribution in [3.8, 4) is 0 Å². The van der Waals surface area contributed by atoms with E-state index in [9.17, 15) is 4.79 Å². The van der Waals surface area contributed by atoms with Crippen LogP contribution in [0.5, 0.6) is 0 Å². The van der Waals surface area contributed by atoms with Crippen LogP contribution in [0.1, 0.15) is 35.4 Å². The van der Waals surface area contributed by atoms with Gasteiger partial charge in [0.2, 0.25) is 5.91 Å². The van der Waals surface area contributed by atoms with Gasteiger partial charge in [-0.25, -0.2) is 0 Å². The van der Waals surface area contributed by atoms with Gasteiger partial charge in [-0.05, 0) is 47.9 Å². The molecule has 2 heterocycles. The number of carbonyl (C=O) groups excluding carboxylic acids is 1. The normalized spacial score (nSPS) is 18.7. The summed E-state index contributed by atoms with van der Waals surface area (Å²) in [5.41, 5.74) is 4.91. The number of nitrogens with zero attached hydrogens (tertiary/aromatic N) is 2. The predicted octanol–water partition coefficient (Wildman–Crippen LogP) is 5.50. The number of hydrogen-bond acceptors (Lipinski definition) is 4. The smallest absolute Gasteiger partial charge is 0.225 e. The van der Waals surface area contributed by atoms with Crippen molar-refractivity contribution in [3.05, 3.63) is 95.6 Å². The zero-order valence-electron chi connectivity index (χ0n) is 20.4. The number of hydrogen-bond donors (Lipinski definition) is 1. The monoisotopic (exact) mass is 485 g/mol. The van der Waals surface area contributed by atoms with Crippen molar-refractivity contribution in [1.29, 1.82) is 0 Å². The zero-order chi connectivity index (χ0) is 23.9. The first kappa shape index (κ1) is 24.1.